The van der Waals surface area contributed by atoms with Crippen LogP contribution in [-0.4, -0.2) is 11.8 Å². The lowest BCUT2D eigenvalue weighted by atomic mass is 9.68. The summed E-state index contributed by atoms with van der Waals surface area (Å²) in [5, 5.41) is 4.08. The highest BCUT2D eigenvalue weighted by atomic mass is 32.2. The average Bonchev–Trinajstić information content (AvgIpc) is 3.04. The van der Waals surface area contributed by atoms with Crippen molar-refractivity contribution in [3.8, 4) is 0 Å². The average molecular weight is 287 g/mol. The molecule has 4 rings (SSSR count). The molecular weight excluding hydrogens is 262 g/mol. The normalized spacial score (nSPS) is 41.0. The van der Waals surface area contributed by atoms with Crippen molar-refractivity contribution in [3.05, 3.63) is 29.8 Å². The molecule has 4 atom stereocenters. The molecule has 1 nitrogen and oxygen atoms in total. The lowest BCUT2D eigenvalue weighted by Gasteiger charge is -2.44. The first-order valence-corrected chi connectivity index (χ1v) is 8.97. The standard InChI is InChI=1S/C18H25NS/c1-17(2)12-8-9-18(3,10-12)16(17)19-14-11-20-15-7-5-4-6-13(14)15/h4-7,12,14,16,19H,8-11H2,1-3H3. The molecule has 1 heterocycles. The maximum Gasteiger partial charge on any atom is 0.0429 e. The molecule has 4 unspecified atom stereocenters. The Balaban J connectivity index is 1.61. The van der Waals surface area contributed by atoms with Crippen LogP contribution in [0.1, 0.15) is 51.6 Å². The van der Waals surface area contributed by atoms with Crippen LogP contribution < -0.4 is 5.32 Å². The number of rotatable bonds is 2. The van der Waals surface area contributed by atoms with Crippen LogP contribution >= 0.6 is 11.8 Å². The third-order valence-corrected chi connectivity index (χ3v) is 7.52. The second kappa shape index (κ2) is 4.27. The maximum atomic E-state index is 4.08. The summed E-state index contributed by atoms with van der Waals surface area (Å²) in [4.78, 5) is 1.48. The largest absolute Gasteiger partial charge is 0.305 e. The van der Waals surface area contributed by atoms with Gasteiger partial charge in [0.25, 0.3) is 0 Å². The van der Waals surface area contributed by atoms with E-state index in [0.717, 1.165) is 5.92 Å². The van der Waals surface area contributed by atoms with Crippen molar-refractivity contribution in [3.63, 3.8) is 0 Å². The molecule has 20 heavy (non-hydrogen) atoms. The first kappa shape index (κ1) is 13.2. The van der Waals surface area contributed by atoms with E-state index in [2.05, 4.69) is 50.4 Å². The molecule has 0 saturated heterocycles. The van der Waals surface area contributed by atoms with Gasteiger partial charge >= 0.3 is 0 Å². The van der Waals surface area contributed by atoms with Crippen LogP contribution in [0.3, 0.4) is 0 Å². The van der Waals surface area contributed by atoms with Gasteiger partial charge < -0.3 is 5.32 Å². The van der Waals surface area contributed by atoms with Gasteiger partial charge in [0.15, 0.2) is 0 Å². The van der Waals surface area contributed by atoms with E-state index >= 15 is 0 Å². The van der Waals surface area contributed by atoms with Crippen LogP contribution in [0.4, 0.5) is 0 Å². The lowest BCUT2D eigenvalue weighted by molar-refractivity contribution is 0.101. The topological polar surface area (TPSA) is 12.0 Å². The van der Waals surface area contributed by atoms with E-state index in [0.29, 0.717) is 22.9 Å². The quantitative estimate of drug-likeness (QED) is 0.850. The Kier molecular flexibility index (Phi) is 2.82. The molecule has 2 heteroatoms. The molecule has 2 bridgehead atoms. The van der Waals surface area contributed by atoms with E-state index < -0.39 is 0 Å². The maximum absolute atomic E-state index is 4.08. The minimum absolute atomic E-state index is 0.454. The van der Waals surface area contributed by atoms with Crippen LogP contribution in [0.15, 0.2) is 29.2 Å². The van der Waals surface area contributed by atoms with Gasteiger partial charge in [-0.15, -0.1) is 11.8 Å². The van der Waals surface area contributed by atoms with Gasteiger partial charge in [0.2, 0.25) is 0 Å². The fourth-order valence-electron chi connectivity index (χ4n) is 5.22. The fraction of sp³-hybridized carbons (Fsp3) is 0.667. The Morgan fingerprint density at radius 1 is 1.20 bits per heavy atom. The minimum atomic E-state index is 0.454. The highest BCUT2D eigenvalue weighted by Crippen LogP contribution is 2.63. The van der Waals surface area contributed by atoms with Crippen molar-refractivity contribution in [2.24, 2.45) is 16.7 Å². The molecule has 1 aromatic carbocycles. The van der Waals surface area contributed by atoms with Gasteiger partial charge in [-0.1, -0.05) is 39.0 Å². The number of benzene rings is 1. The zero-order chi connectivity index (χ0) is 14.0. The third-order valence-electron chi connectivity index (χ3n) is 6.34. The summed E-state index contributed by atoms with van der Waals surface area (Å²) in [5.41, 5.74) is 2.51. The number of fused-ring (bicyclic) bond motifs is 3. The van der Waals surface area contributed by atoms with Gasteiger partial charge in [0.1, 0.15) is 0 Å². The Morgan fingerprint density at radius 3 is 2.75 bits per heavy atom. The molecule has 1 aromatic rings. The summed E-state index contributed by atoms with van der Waals surface area (Å²) < 4.78 is 0. The zero-order valence-electron chi connectivity index (χ0n) is 12.8. The van der Waals surface area contributed by atoms with E-state index in [4.69, 9.17) is 0 Å². The SMILES string of the molecule is CC12CCC(C1)C(C)(C)C2NC1CSc2ccccc21. The van der Waals surface area contributed by atoms with Gasteiger partial charge in [-0.3, -0.25) is 0 Å². The van der Waals surface area contributed by atoms with Crippen molar-refractivity contribution in [2.45, 2.75) is 57.0 Å². The number of hydrogen-bond acceptors (Lipinski definition) is 2. The minimum Gasteiger partial charge on any atom is -0.305 e. The van der Waals surface area contributed by atoms with E-state index in [1.54, 1.807) is 0 Å². The predicted molar refractivity (Wildman–Crippen MR) is 86.1 cm³/mol. The second-order valence-corrected chi connectivity index (χ2v) is 8.98. The Morgan fingerprint density at radius 2 is 2.00 bits per heavy atom. The van der Waals surface area contributed by atoms with E-state index in [1.807, 2.05) is 11.8 Å². The highest BCUT2D eigenvalue weighted by Gasteiger charge is 2.59. The van der Waals surface area contributed by atoms with Crippen LogP contribution in [-0.2, 0) is 0 Å². The van der Waals surface area contributed by atoms with E-state index in [-0.39, 0.29) is 0 Å². The smallest absolute Gasteiger partial charge is 0.0429 e. The molecule has 108 valence electrons. The highest BCUT2D eigenvalue weighted by molar-refractivity contribution is 7.99. The number of nitrogens with one attached hydrogen (secondary N) is 1. The summed E-state index contributed by atoms with van der Waals surface area (Å²) in [7, 11) is 0. The summed E-state index contributed by atoms with van der Waals surface area (Å²) >= 11 is 2.02. The van der Waals surface area contributed by atoms with Crippen LogP contribution in [0.5, 0.6) is 0 Å². The molecule has 1 N–H and O–H groups in total. The summed E-state index contributed by atoms with van der Waals surface area (Å²) in [5.74, 6) is 2.13. The van der Waals surface area contributed by atoms with Gasteiger partial charge in [0.05, 0.1) is 0 Å². The van der Waals surface area contributed by atoms with Crippen molar-refractivity contribution in [1.82, 2.24) is 5.32 Å². The van der Waals surface area contributed by atoms with Crippen LogP contribution in [0, 0.1) is 16.7 Å². The summed E-state index contributed by atoms with van der Waals surface area (Å²) in [6.07, 6.45) is 4.29. The van der Waals surface area contributed by atoms with Crippen molar-refractivity contribution in [2.75, 3.05) is 5.75 Å². The Bertz CT molecular complexity index is 533. The summed E-state index contributed by atoms with van der Waals surface area (Å²) in [6, 6.07) is 10.2. The van der Waals surface area contributed by atoms with Gasteiger partial charge in [0, 0.05) is 22.7 Å². The second-order valence-electron chi connectivity index (χ2n) is 7.92. The molecule has 0 spiro atoms. The number of thioether (sulfide) groups is 1. The van der Waals surface area contributed by atoms with Crippen molar-refractivity contribution < 1.29 is 0 Å². The molecule has 3 aliphatic rings. The lowest BCUT2D eigenvalue weighted by Crippen LogP contribution is -2.51. The first-order chi connectivity index (χ1) is 9.51. The molecular formula is C18H25NS. The van der Waals surface area contributed by atoms with Crippen molar-refractivity contribution in [1.29, 1.82) is 0 Å². The van der Waals surface area contributed by atoms with Crippen LogP contribution in [0.2, 0.25) is 0 Å². The predicted octanol–water partition coefficient (Wildman–Crippen LogP) is 4.64. The van der Waals surface area contributed by atoms with Gasteiger partial charge in [-0.25, -0.2) is 0 Å². The third kappa shape index (κ3) is 1.74. The molecule has 2 aliphatic carbocycles. The summed E-state index contributed by atoms with van der Waals surface area (Å²) in [6.45, 7) is 7.51. The Hall–Kier alpha value is -0.470. The van der Waals surface area contributed by atoms with Gasteiger partial charge in [-0.05, 0) is 47.6 Å². The van der Waals surface area contributed by atoms with Crippen molar-refractivity contribution >= 4 is 11.8 Å². The number of hydrogen-bond donors (Lipinski definition) is 1. The molecule has 1 aliphatic heterocycles. The van der Waals surface area contributed by atoms with Crippen LogP contribution in [0.25, 0.3) is 0 Å². The molecule has 0 radical (unpaired) electrons. The molecule has 0 amide bonds. The first-order valence-electron chi connectivity index (χ1n) is 7.98. The fourth-order valence-corrected chi connectivity index (χ4v) is 6.39. The molecule has 2 saturated carbocycles. The van der Waals surface area contributed by atoms with Gasteiger partial charge in [-0.2, -0.15) is 0 Å². The van der Waals surface area contributed by atoms with E-state index in [1.165, 1.54) is 35.5 Å². The monoisotopic (exact) mass is 287 g/mol. The van der Waals surface area contributed by atoms with E-state index in [9.17, 15) is 0 Å². The zero-order valence-corrected chi connectivity index (χ0v) is 13.6. The Labute approximate surface area is 126 Å². The molecule has 0 aromatic heterocycles. The molecule has 2 fully saturated rings.